The second-order valence-corrected chi connectivity index (χ2v) is 11.8. The van der Waals surface area contributed by atoms with Crippen LogP contribution in [0, 0.1) is 0 Å². The minimum absolute atomic E-state index is 0.125. The molecule has 0 aliphatic carbocycles. The first-order valence-corrected chi connectivity index (χ1v) is 10.7. The lowest BCUT2D eigenvalue weighted by atomic mass is 10.9. The molecule has 0 aromatic heterocycles. The summed E-state index contributed by atoms with van der Waals surface area (Å²) in [6, 6.07) is 0. The average molecular weight is 265 g/mol. The van der Waals surface area contributed by atoms with Gasteiger partial charge < -0.3 is 13.3 Å². The van der Waals surface area contributed by atoms with E-state index in [9.17, 15) is 4.80 Å². The van der Waals surface area contributed by atoms with Crippen molar-refractivity contribution in [1.29, 1.82) is 0 Å². The van der Waals surface area contributed by atoms with Crippen molar-refractivity contribution in [2.75, 3.05) is 19.8 Å². The number of hydrogen-bond donors (Lipinski definition) is 0. The molecule has 1 unspecified atom stereocenters. The van der Waals surface area contributed by atoms with Gasteiger partial charge in [-0.1, -0.05) is 6.92 Å². The lowest BCUT2D eigenvalue weighted by Crippen LogP contribution is -2.56. The zero-order valence-electron chi connectivity index (χ0n) is 11.3. The second kappa shape index (κ2) is 6.88. The zero-order valence-corrected chi connectivity index (χ0v) is 13.3. The molecule has 1 radical (unpaired) electrons. The van der Waals surface area contributed by atoms with Crippen molar-refractivity contribution in [2.24, 2.45) is 0 Å². The van der Waals surface area contributed by atoms with Gasteiger partial charge in [0.25, 0.3) is 0 Å². The first kappa shape index (κ1) is 16.3. The van der Waals surface area contributed by atoms with Crippen molar-refractivity contribution in [3.05, 3.63) is 0 Å². The van der Waals surface area contributed by atoms with E-state index in [0.717, 1.165) is 0 Å². The van der Waals surface area contributed by atoms with E-state index in [0.29, 0.717) is 19.8 Å². The van der Waals surface area contributed by atoms with Crippen molar-refractivity contribution < 1.29 is 18.1 Å². The molecule has 16 heavy (non-hydrogen) atoms. The van der Waals surface area contributed by atoms with Gasteiger partial charge in [0.2, 0.25) is 8.32 Å². The Morgan fingerprint density at radius 2 is 1.25 bits per heavy atom. The molecule has 0 spiro atoms. The standard InChI is InChI=1S/C10H25O4Si2/c1-7-12-16(13-8-2,14-9-3)10(4)15(5,6)11/h10H,7-9H2,1-6H3. The van der Waals surface area contributed by atoms with E-state index < -0.39 is 17.1 Å². The van der Waals surface area contributed by atoms with Crippen LogP contribution in [0.3, 0.4) is 0 Å². The van der Waals surface area contributed by atoms with Crippen molar-refractivity contribution >= 4 is 17.1 Å². The van der Waals surface area contributed by atoms with Gasteiger partial charge in [-0.3, -0.25) is 4.80 Å². The highest BCUT2D eigenvalue weighted by Crippen LogP contribution is 2.33. The van der Waals surface area contributed by atoms with Crippen LogP contribution in [-0.4, -0.2) is 36.9 Å². The van der Waals surface area contributed by atoms with Crippen LogP contribution in [0.15, 0.2) is 0 Å². The van der Waals surface area contributed by atoms with Crippen molar-refractivity contribution in [2.45, 2.75) is 46.0 Å². The molecule has 0 aromatic rings. The van der Waals surface area contributed by atoms with Crippen LogP contribution >= 0.6 is 0 Å². The molecule has 0 fully saturated rings. The van der Waals surface area contributed by atoms with Gasteiger partial charge in [-0.15, -0.1) is 0 Å². The summed E-state index contributed by atoms with van der Waals surface area (Å²) in [4.78, 5) is 12.2. The van der Waals surface area contributed by atoms with E-state index in [-0.39, 0.29) is 5.16 Å². The molecule has 0 rings (SSSR count). The topological polar surface area (TPSA) is 47.6 Å². The van der Waals surface area contributed by atoms with Crippen LogP contribution in [0.25, 0.3) is 0 Å². The molecule has 0 saturated carbocycles. The normalized spacial score (nSPS) is 15.2. The van der Waals surface area contributed by atoms with Crippen LogP contribution < -0.4 is 0 Å². The Morgan fingerprint density at radius 3 is 1.44 bits per heavy atom. The van der Waals surface area contributed by atoms with Gasteiger partial charge in [-0.05, 0) is 33.9 Å². The SMILES string of the molecule is CCO[Si](OCC)(OCC)C(C)[Si](C)(C)[O]. The van der Waals surface area contributed by atoms with E-state index in [2.05, 4.69) is 0 Å². The smallest absolute Gasteiger partial charge is 0.374 e. The summed E-state index contributed by atoms with van der Waals surface area (Å²) in [5.74, 6) is 0. The molecule has 0 aliphatic heterocycles. The molecule has 1 atom stereocenters. The Kier molecular flexibility index (Phi) is 6.99. The molecule has 0 saturated heterocycles. The molecule has 0 N–H and O–H groups in total. The fourth-order valence-electron chi connectivity index (χ4n) is 1.53. The summed E-state index contributed by atoms with van der Waals surface area (Å²) in [6.45, 7) is 12.8. The van der Waals surface area contributed by atoms with Gasteiger partial charge in [0, 0.05) is 25.0 Å². The molecule has 0 aromatic carbocycles. The Balaban J connectivity index is 4.98. The van der Waals surface area contributed by atoms with Gasteiger partial charge >= 0.3 is 8.80 Å². The summed E-state index contributed by atoms with van der Waals surface area (Å²) in [7, 11) is -5.36. The maximum absolute atomic E-state index is 12.2. The Labute approximate surface area is 101 Å². The first-order chi connectivity index (χ1) is 7.34. The van der Waals surface area contributed by atoms with Crippen LogP contribution in [0.1, 0.15) is 27.7 Å². The second-order valence-electron chi connectivity index (χ2n) is 4.23. The monoisotopic (exact) mass is 265 g/mol. The van der Waals surface area contributed by atoms with E-state index in [1.165, 1.54) is 0 Å². The predicted octanol–water partition coefficient (Wildman–Crippen LogP) is 2.60. The maximum Gasteiger partial charge on any atom is 0.503 e. The van der Waals surface area contributed by atoms with Gasteiger partial charge in [0.05, 0.1) is 0 Å². The third kappa shape index (κ3) is 4.27. The van der Waals surface area contributed by atoms with E-state index in [1.54, 1.807) is 13.1 Å². The van der Waals surface area contributed by atoms with Crippen molar-refractivity contribution in [1.82, 2.24) is 0 Å². The van der Waals surface area contributed by atoms with Crippen LogP contribution in [0.5, 0.6) is 0 Å². The van der Waals surface area contributed by atoms with Gasteiger partial charge in [-0.2, -0.15) is 0 Å². The predicted molar refractivity (Wildman–Crippen MR) is 68.2 cm³/mol. The fraction of sp³-hybridized carbons (Fsp3) is 1.00. The highest BCUT2D eigenvalue weighted by molar-refractivity contribution is 6.86. The summed E-state index contributed by atoms with van der Waals surface area (Å²) in [6.07, 6.45) is 0. The fourth-order valence-corrected chi connectivity index (χ4v) is 7.89. The molecular weight excluding hydrogens is 240 g/mol. The highest BCUT2D eigenvalue weighted by atomic mass is 28.4. The van der Waals surface area contributed by atoms with Gasteiger partial charge in [-0.25, -0.2) is 0 Å². The third-order valence-electron chi connectivity index (χ3n) is 2.61. The quantitative estimate of drug-likeness (QED) is 0.634. The van der Waals surface area contributed by atoms with E-state index in [4.69, 9.17) is 13.3 Å². The summed E-state index contributed by atoms with van der Waals surface area (Å²) >= 11 is 0. The number of rotatable bonds is 8. The van der Waals surface area contributed by atoms with Crippen molar-refractivity contribution in [3.63, 3.8) is 0 Å². The summed E-state index contributed by atoms with van der Waals surface area (Å²) < 4.78 is 17.2. The number of hydrogen-bond acceptors (Lipinski definition) is 3. The summed E-state index contributed by atoms with van der Waals surface area (Å²) in [5, 5.41) is -0.125. The van der Waals surface area contributed by atoms with Crippen LogP contribution in [0.2, 0.25) is 18.3 Å². The molecule has 0 amide bonds. The van der Waals surface area contributed by atoms with Crippen LogP contribution in [-0.2, 0) is 18.1 Å². The highest BCUT2D eigenvalue weighted by Gasteiger charge is 2.54. The third-order valence-corrected chi connectivity index (χ3v) is 11.0. The molecule has 0 heterocycles. The molecule has 0 bridgehead atoms. The van der Waals surface area contributed by atoms with E-state index >= 15 is 0 Å². The molecule has 4 nitrogen and oxygen atoms in total. The average Bonchev–Trinajstić information content (AvgIpc) is 2.16. The van der Waals surface area contributed by atoms with E-state index in [1.807, 2.05) is 27.7 Å². The van der Waals surface area contributed by atoms with Crippen LogP contribution in [0.4, 0.5) is 0 Å². The summed E-state index contributed by atoms with van der Waals surface area (Å²) in [5.41, 5.74) is 0. The zero-order chi connectivity index (χ0) is 12.8. The Morgan fingerprint density at radius 1 is 0.938 bits per heavy atom. The first-order valence-electron chi connectivity index (χ1n) is 5.96. The molecule has 97 valence electrons. The molecular formula is C10H25O4Si2. The van der Waals surface area contributed by atoms with Gasteiger partial charge in [0.15, 0.2) is 0 Å². The van der Waals surface area contributed by atoms with Gasteiger partial charge in [0.1, 0.15) is 0 Å². The maximum atomic E-state index is 12.2. The Bertz CT molecular complexity index is 177. The largest absolute Gasteiger partial charge is 0.503 e. The lowest BCUT2D eigenvalue weighted by molar-refractivity contribution is 0.0669. The van der Waals surface area contributed by atoms with Crippen molar-refractivity contribution in [3.8, 4) is 0 Å². The minimum atomic E-state index is -2.79. The Hall–Kier alpha value is 0.274. The molecule has 6 heteroatoms. The minimum Gasteiger partial charge on any atom is -0.374 e. The molecule has 0 aliphatic rings. The lowest BCUT2D eigenvalue weighted by Gasteiger charge is -2.36.